The number of hydrogen-bond acceptors (Lipinski definition) is 5. The van der Waals surface area contributed by atoms with Gasteiger partial charge in [0.2, 0.25) is 5.91 Å². The fourth-order valence-corrected chi connectivity index (χ4v) is 4.71. The molecule has 0 aliphatic heterocycles. The summed E-state index contributed by atoms with van der Waals surface area (Å²) in [5, 5.41) is 11.5. The number of thiophene rings is 1. The van der Waals surface area contributed by atoms with Crippen LogP contribution >= 0.6 is 11.3 Å². The van der Waals surface area contributed by atoms with E-state index in [9.17, 15) is 9.59 Å². The number of aryl methyl sites for hydroxylation is 2. The normalized spacial score (nSPS) is 10.8. The molecule has 4 aromatic rings. The van der Waals surface area contributed by atoms with E-state index in [0.717, 1.165) is 27.9 Å². The van der Waals surface area contributed by atoms with E-state index in [2.05, 4.69) is 11.1 Å². The van der Waals surface area contributed by atoms with Crippen molar-refractivity contribution in [3.05, 3.63) is 81.7 Å². The zero-order chi connectivity index (χ0) is 22.7. The van der Waals surface area contributed by atoms with Crippen molar-refractivity contribution in [2.24, 2.45) is 0 Å². The summed E-state index contributed by atoms with van der Waals surface area (Å²) in [7, 11) is 0. The Labute approximate surface area is 190 Å². The third kappa shape index (κ3) is 4.32. The number of rotatable bonds is 6. The molecule has 0 radical (unpaired) electrons. The molecule has 2 aromatic carbocycles. The van der Waals surface area contributed by atoms with Crippen LogP contribution in [-0.2, 0) is 11.3 Å². The lowest BCUT2D eigenvalue weighted by Gasteiger charge is -2.23. The van der Waals surface area contributed by atoms with Crippen molar-refractivity contribution in [1.29, 1.82) is 5.26 Å². The minimum absolute atomic E-state index is 0.149. The molecule has 0 bridgehead atoms. The first-order valence-electron chi connectivity index (χ1n) is 10.3. The number of hydrogen-bond donors (Lipinski definition) is 0. The molecule has 7 heteroatoms. The summed E-state index contributed by atoms with van der Waals surface area (Å²) < 4.78 is 1.35. The molecular weight excluding hydrogens is 420 g/mol. The van der Waals surface area contributed by atoms with Gasteiger partial charge in [0, 0.05) is 23.2 Å². The number of carbonyl (C=O) groups is 1. The van der Waals surface area contributed by atoms with Crippen LogP contribution in [0.1, 0.15) is 17.5 Å². The van der Waals surface area contributed by atoms with Gasteiger partial charge in [-0.15, -0.1) is 11.3 Å². The molecule has 160 valence electrons. The highest BCUT2D eigenvalue weighted by atomic mass is 32.1. The molecule has 4 rings (SSSR count). The zero-order valence-corrected chi connectivity index (χ0v) is 18.7. The van der Waals surface area contributed by atoms with Crippen LogP contribution in [0.2, 0.25) is 0 Å². The molecule has 0 aliphatic rings. The minimum Gasteiger partial charge on any atom is -0.310 e. The van der Waals surface area contributed by atoms with Gasteiger partial charge in [-0.25, -0.2) is 4.98 Å². The number of aromatic nitrogens is 2. The first kappa shape index (κ1) is 21.5. The Bertz CT molecular complexity index is 1360. The Morgan fingerprint density at radius 1 is 1.16 bits per heavy atom. The fraction of sp³-hybridized carbons (Fsp3) is 0.200. The van der Waals surface area contributed by atoms with Crippen molar-refractivity contribution >= 4 is 33.1 Å². The van der Waals surface area contributed by atoms with Crippen LogP contribution < -0.4 is 10.5 Å². The minimum atomic E-state index is -0.259. The van der Waals surface area contributed by atoms with E-state index in [1.54, 1.807) is 4.90 Å². The summed E-state index contributed by atoms with van der Waals surface area (Å²) in [5.74, 6) is -0.259. The maximum Gasteiger partial charge on any atom is 0.263 e. The highest BCUT2D eigenvalue weighted by Crippen LogP contribution is 2.30. The van der Waals surface area contributed by atoms with Crippen LogP contribution in [0.25, 0.3) is 21.3 Å². The standard InChI is InChI=1S/C25H22N4O2S/c1-17-11-18(2)13-20(12-17)29(10-6-9-26)22(30)14-28-16-27-24-23(25(28)31)21(15-32-24)19-7-4-3-5-8-19/h3-5,7-8,11-13,15-16H,6,10,14H2,1-2H3. The average Bonchev–Trinajstić information content (AvgIpc) is 3.21. The Hall–Kier alpha value is -3.76. The van der Waals surface area contributed by atoms with Gasteiger partial charge < -0.3 is 4.90 Å². The Morgan fingerprint density at radius 2 is 1.88 bits per heavy atom. The monoisotopic (exact) mass is 442 g/mol. The molecule has 0 saturated heterocycles. The van der Waals surface area contributed by atoms with Crippen molar-refractivity contribution in [3.8, 4) is 17.2 Å². The Balaban J connectivity index is 1.71. The molecular formula is C25H22N4O2S. The lowest BCUT2D eigenvalue weighted by molar-refractivity contribution is -0.119. The SMILES string of the molecule is Cc1cc(C)cc(N(CCC#N)C(=O)Cn2cnc3scc(-c4ccccc4)c3c2=O)c1. The lowest BCUT2D eigenvalue weighted by Crippen LogP contribution is -2.37. The van der Waals surface area contributed by atoms with Gasteiger partial charge in [0.25, 0.3) is 5.56 Å². The van der Waals surface area contributed by atoms with Gasteiger partial charge in [-0.1, -0.05) is 36.4 Å². The number of carbonyl (C=O) groups excluding carboxylic acids is 1. The number of fused-ring (bicyclic) bond motifs is 1. The number of benzene rings is 2. The number of amides is 1. The van der Waals surface area contributed by atoms with E-state index in [4.69, 9.17) is 5.26 Å². The van der Waals surface area contributed by atoms with E-state index in [1.807, 2.05) is 67.8 Å². The molecule has 2 heterocycles. The van der Waals surface area contributed by atoms with Crippen LogP contribution in [0.15, 0.2) is 65.0 Å². The third-order valence-electron chi connectivity index (χ3n) is 5.22. The van der Waals surface area contributed by atoms with E-state index < -0.39 is 0 Å². The number of nitrogens with zero attached hydrogens (tertiary/aromatic N) is 4. The predicted octanol–water partition coefficient (Wildman–Crippen LogP) is 4.69. The summed E-state index contributed by atoms with van der Waals surface area (Å²) in [5.41, 5.74) is 4.30. The van der Waals surface area contributed by atoms with Gasteiger partial charge >= 0.3 is 0 Å². The van der Waals surface area contributed by atoms with Crippen LogP contribution in [-0.4, -0.2) is 22.0 Å². The molecule has 0 N–H and O–H groups in total. The molecule has 1 amide bonds. The summed E-state index contributed by atoms with van der Waals surface area (Å²) in [6, 6.07) is 17.6. The molecule has 32 heavy (non-hydrogen) atoms. The van der Waals surface area contributed by atoms with E-state index in [1.165, 1.54) is 22.2 Å². The second-order valence-electron chi connectivity index (χ2n) is 7.67. The molecule has 0 spiro atoms. The maximum absolute atomic E-state index is 13.3. The van der Waals surface area contributed by atoms with Gasteiger partial charge in [-0.3, -0.25) is 14.2 Å². The highest BCUT2D eigenvalue weighted by molar-refractivity contribution is 7.17. The van der Waals surface area contributed by atoms with Gasteiger partial charge in [-0.05, 0) is 42.7 Å². The summed E-state index contributed by atoms with van der Waals surface area (Å²) in [4.78, 5) is 33.2. The topological polar surface area (TPSA) is 79.0 Å². The van der Waals surface area contributed by atoms with Crippen molar-refractivity contribution in [2.45, 2.75) is 26.8 Å². The third-order valence-corrected chi connectivity index (χ3v) is 6.10. The van der Waals surface area contributed by atoms with Crippen molar-refractivity contribution < 1.29 is 4.79 Å². The van der Waals surface area contributed by atoms with Gasteiger partial charge in [0.15, 0.2) is 0 Å². The lowest BCUT2D eigenvalue weighted by atomic mass is 10.1. The van der Waals surface area contributed by atoms with Gasteiger partial charge in [-0.2, -0.15) is 5.26 Å². The summed E-state index contributed by atoms with van der Waals surface area (Å²) >= 11 is 1.41. The summed E-state index contributed by atoms with van der Waals surface area (Å²) in [6.07, 6.45) is 1.63. The smallest absolute Gasteiger partial charge is 0.263 e. The predicted molar refractivity (Wildman–Crippen MR) is 128 cm³/mol. The molecule has 0 fully saturated rings. The first-order chi connectivity index (χ1) is 15.5. The quantitative estimate of drug-likeness (QED) is 0.434. The highest BCUT2D eigenvalue weighted by Gasteiger charge is 2.19. The molecule has 6 nitrogen and oxygen atoms in total. The van der Waals surface area contributed by atoms with Crippen LogP contribution in [0.4, 0.5) is 5.69 Å². The van der Waals surface area contributed by atoms with Gasteiger partial charge in [0.05, 0.1) is 24.2 Å². The van der Waals surface area contributed by atoms with E-state index >= 15 is 0 Å². The number of anilines is 1. The average molecular weight is 443 g/mol. The van der Waals surface area contributed by atoms with Crippen LogP contribution in [0.3, 0.4) is 0 Å². The second-order valence-corrected chi connectivity index (χ2v) is 8.53. The molecule has 0 atom stereocenters. The number of nitriles is 1. The Morgan fingerprint density at radius 3 is 2.56 bits per heavy atom. The summed E-state index contributed by atoms with van der Waals surface area (Å²) in [6.45, 7) is 4.04. The second kappa shape index (κ2) is 9.16. The van der Waals surface area contributed by atoms with Gasteiger partial charge in [0.1, 0.15) is 11.4 Å². The molecule has 0 aliphatic carbocycles. The van der Waals surface area contributed by atoms with Crippen LogP contribution in [0.5, 0.6) is 0 Å². The molecule has 0 saturated carbocycles. The van der Waals surface area contributed by atoms with Crippen molar-refractivity contribution in [1.82, 2.24) is 9.55 Å². The largest absolute Gasteiger partial charge is 0.310 e. The first-order valence-corrected chi connectivity index (χ1v) is 11.1. The Kier molecular flexibility index (Phi) is 6.15. The van der Waals surface area contributed by atoms with E-state index in [0.29, 0.717) is 10.2 Å². The zero-order valence-electron chi connectivity index (χ0n) is 17.9. The van der Waals surface area contributed by atoms with E-state index in [-0.39, 0.29) is 31.0 Å². The fourth-order valence-electron chi connectivity index (χ4n) is 3.81. The maximum atomic E-state index is 13.3. The van der Waals surface area contributed by atoms with Crippen LogP contribution in [0, 0.1) is 25.2 Å². The molecule has 2 aromatic heterocycles. The molecule has 0 unspecified atom stereocenters. The van der Waals surface area contributed by atoms with Crippen molar-refractivity contribution in [2.75, 3.05) is 11.4 Å². The van der Waals surface area contributed by atoms with Crippen molar-refractivity contribution in [3.63, 3.8) is 0 Å².